The van der Waals surface area contributed by atoms with E-state index in [1.165, 1.54) is 0 Å². The second-order valence-corrected chi connectivity index (χ2v) is 7.29. The van der Waals surface area contributed by atoms with Gasteiger partial charge in [0.25, 0.3) is 0 Å². The van der Waals surface area contributed by atoms with E-state index in [0.717, 1.165) is 33.3 Å². The molecule has 0 amide bonds. The van der Waals surface area contributed by atoms with Gasteiger partial charge in [0, 0.05) is 27.9 Å². The Labute approximate surface area is 179 Å². The predicted octanol–water partition coefficient (Wildman–Crippen LogP) is 6.04. The lowest BCUT2D eigenvalue weighted by molar-refractivity contribution is 0.319. The van der Waals surface area contributed by atoms with Crippen molar-refractivity contribution < 1.29 is 14.7 Å². The highest BCUT2D eigenvalue weighted by atomic mass is 35.5. The summed E-state index contributed by atoms with van der Waals surface area (Å²) >= 11 is 6.09. The van der Waals surface area contributed by atoms with E-state index >= 15 is 0 Å². The molecule has 2 N–H and O–H groups in total. The lowest BCUT2D eigenvalue weighted by atomic mass is 9.95. The Hall–Kier alpha value is -3.44. The minimum atomic E-state index is 0.406. The Morgan fingerprint density at radius 1 is 0.967 bits per heavy atom. The molecule has 1 aromatic heterocycles. The Bertz CT molecular complexity index is 1230. The van der Waals surface area contributed by atoms with Crippen molar-refractivity contribution in [2.24, 2.45) is 5.16 Å². The number of benzene rings is 3. The number of aromatic amines is 1. The Kier molecular flexibility index (Phi) is 5.38. The number of nitrogens with one attached hydrogen (secondary N) is 1. The average molecular weight is 421 g/mol. The number of methoxy groups -OCH3 is 2. The smallest absolute Gasteiger partial charge is 0.134 e. The third-order valence-corrected chi connectivity index (χ3v) is 5.40. The van der Waals surface area contributed by atoms with E-state index in [-0.39, 0.29) is 0 Å². The van der Waals surface area contributed by atoms with Crippen molar-refractivity contribution in [3.8, 4) is 22.6 Å². The van der Waals surface area contributed by atoms with Gasteiger partial charge in [-0.05, 0) is 24.6 Å². The van der Waals surface area contributed by atoms with Crippen LogP contribution in [0.3, 0.4) is 0 Å². The largest absolute Gasteiger partial charge is 0.496 e. The van der Waals surface area contributed by atoms with E-state index in [0.29, 0.717) is 27.8 Å². The minimum Gasteiger partial charge on any atom is -0.496 e. The molecule has 0 aliphatic carbocycles. The first-order chi connectivity index (χ1) is 14.6. The SMILES string of the molecule is COc1cc(OC)c2c(-c3ccc(Cl)cc3)c(C)[nH]c2c1/C(=N/O)c1ccccc1. The van der Waals surface area contributed by atoms with Gasteiger partial charge in [-0.25, -0.2) is 0 Å². The molecule has 5 nitrogen and oxygen atoms in total. The van der Waals surface area contributed by atoms with E-state index in [4.69, 9.17) is 21.1 Å². The summed E-state index contributed by atoms with van der Waals surface area (Å²) in [6.45, 7) is 2.00. The molecule has 0 radical (unpaired) electrons. The summed E-state index contributed by atoms with van der Waals surface area (Å²) in [6, 6.07) is 19.0. The number of hydrogen-bond acceptors (Lipinski definition) is 4. The molecule has 4 aromatic rings. The molecule has 0 saturated heterocycles. The average Bonchev–Trinajstić information content (AvgIpc) is 3.12. The molecule has 0 spiro atoms. The molecule has 0 saturated carbocycles. The fraction of sp³-hybridized carbons (Fsp3) is 0.125. The Balaban J connectivity index is 2.09. The highest BCUT2D eigenvalue weighted by Gasteiger charge is 2.25. The minimum absolute atomic E-state index is 0.406. The number of oxime groups is 1. The number of hydrogen-bond donors (Lipinski definition) is 2. The number of rotatable bonds is 5. The summed E-state index contributed by atoms with van der Waals surface area (Å²) in [4.78, 5) is 3.46. The number of aryl methyl sites for hydroxylation is 1. The monoisotopic (exact) mass is 420 g/mol. The number of nitrogens with zero attached hydrogens (tertiary/aromatic N) is 1. The quantitative estimate of drug-likeness (QED) is 0.235. The highest BCUT2D eigenvalue weighted by molar-refractivity contribution is 6.30. The van der Waals surface area contributed by atoms with E-state index in [1.807, 2.05) is 67.6 Å². The normalized spacial score (nSPS) is 11.7. The molecule has 0 aliphatic rings. The standard InChI is InChI=1S/C24H21ClN2O3/c1-14-20(15-9-11-17(25)12-10-15)21-18(29-2)13-19(30-3)22(24(21)26-14)23(27-28)16-7-5-4-6-8-16/h4-13,26,28H,1-3H3/b27-23+. The van der Waals surface area contributed by atoms with Crippen LogP contribution in [0.15, 0.2) is 65.8 Å². The van der Waals surface area contributed by atoms with Gasteiger partial charge in [-0.15, -0.1) is 0 Å². The number of ether oxygens (including phenoxy) is 2. The van der Waals surface area contributed by atoms with Crippen LogP contribution in [0.1, 0.15) is 16.8 Å². The van der Waals surface area contributed by atoms with Gasteiger partial charge in [-0.3, -0.25) is 0 Å². The van der Waals surface area contributed by atoms with Gasteiger partial charge in [0.1, 0.15) is 17.2 Å². The maximum atomic E-state index is 9.94. The molecule has 3 aromatic carbocycles. The van der Waals surface area contributed by atoms with Crippen LogP contribution in [0, 0.1) is 6.92 Å². The summed E-state index contributed by atoms with van der Waals surface area (Å²) in [5, 5.41) is 15.1. The van der Waals surface area contributed by atoms with Crippen LogP contribution in [0.25, 0.3) is 22.0 Å². The fourth-order valence-corrected chi connectivity index (χ4v) is 3.95. The van der Waals surface area contributed by atoms with Crippen molar-refractivity contribution >= 4 is 28.2 Å². The van der Waals surface area contributed by atoms with Crippen molar-refractivity contribution in [2.45, 2.75) is 6.92 Å². The molecule has 30 heavy (non-hydrogen) atoms. The van der Waals surface area contributed by atoms with E-state index in [2.05, 4.69) is 10.1 Å². The topological polar surface area (TPSA) is 66.8 Å². The molecular weight excluding hydrogens is 400 g/mol. The lowest BCUT2D eigenvalue weighted by Crippen LogP contribution is -2.07. The molecule has 0 unspecified atom stereocenters. The first-order valence-electron chi connectivity index (χ1n) is 9.40. The number of aromatic nitrogens is 1. The third kappa shape index (κ3) is 3.27. The zero-order chi connectivity index (χ0) is 21.3. The van der Waals surface area contributed by atoms with Crippen LogP contribution in [0.2, 0.25) is 5.02 Å². The van der Waals surface area contributed by atoms with Gasteiger partial charge in [0.05, 0.1) is 30.7 Å². The van der Waals surface area contributed by atoms with Crippen LogP contribution in [-0.4, -0.2) is 30.1 Å². The zero-order valence-corrected chi connectivity index (χ0v) is 17.6. The summed E-state index contributed by atoms with van der Waals surface area (Å²) < 4.78 is 11.4. The van der Waals surface area contributed by atoms with Crippen molar-refractivity contribution in [3.05, 3.63) is 82.5 Å². The predicted molar refractivity (Wildman–Crippen MR) is 120 cm³/mol. The molecule has 0 fully saturated rings. The van der Waals surface area contributed by atoms with Gasteiger partial charge < -0.3 is 19.7 Å². The second-order valence-electron chi connectivity index (χ2n) is 6.85. The van der Waals surface area contributed by atoms with Gasteiger partial charge in [-0.1, -0.05) is 59.2 Å². The lowest BCUT2D eigenvalue weighted by Gasteiger charge is -2.15. The molecule has 0 atom stereocenters. The van der Waals surface area contributed by atoms with Crippen LogP contribution in [0.5, 0.6) is 11.5 Å². The molecular formula is C24H21ClN2O3. The zero-order valence-electron chi connectivity index (χ0n) is 16.9. The summed E-state index contributed by atoms with van der Waals surface area (Å²) in [7, 11) is 3.21. The molecule has 0 bridgehead atoms. The van der Waals surface area contributed by atoms with Gasteiger partial charge in [0.2, 0.25) is 0 Å². The van der Waals surface area contributed by atoms with E-state index in [1.54, 1.807) is 14.2 Å². The van der Waals surface area contributed by atoms with Gasteiger partial charge >= 0.3 is 0 Å². The highest BCUT2D eigenvalue weighted by Crippen LogP contribution is 2.44. The van der Waals surface area contributed by atoms with Crippen molar-refractivity contribution in [1.82, 2.24) is 4.98 Å². The maximum absolute atomic E-state index is 9.94. The number of H-pyrrole nitrogens is 1. The molecule has 1 heterocycles. The molecule has 0 aliphatic heterocycles. The summed E-state index contributed by atoms with van der Waals surface area (Å²) in [5.74, 6) is 1.20. The van der Waals surface area contributed by atoms with Crippen LogP contribution < -0.4 is 9.47 Å². The van der Waals surface area contributed by atoms with Crippen LogP contribution in [-0.2, 0) is 0 Å². The summed E-state index contributed by atoms with van der Waals surface area (Å²) in [6.07, 6.45) is 0. The Morgan fingerprint density at radius 3 is 2.23 bits per heavy atom. The number of halogens is 1. The van der Waals surface area contributed by atoms with Gasteiger partial charge in [-0.2, -0.15) is 0 Å². The molecule has 6 heteroatoms. The fourth-order valence-electron chi connectivity index (χ4n) is 3.83. The van der Waals surface area contributed by atoms with Gasteiger partial charge in [0.15, 0.2) is 0 Å². The molecule has 4 rings (SSSR count). The van der Waals surface area contributed by atoms with E-state index < -0.39 is 0 Å². The van der Waals surface area contributed by atoms with E-state index in [9.17, 15) is 5.21 Å². The second kappa shape index (κ2) is 8.13. The van der Waals surface area contributed by atoms with Crippen LogP contribution >= 0.6 is 11.6 Å². The summed E-state index contributed by atoms with van der Waals surface area (Å²) in [5.41, 5.74) is 5.54. The molecule has 152 valence electrons. The maximum Gasteiger partial charge on any atom is 0.134 e. The van der Waals surface area contributed by atoms with Crippen molar-refractivity contribution in [3.63, 3.8) is 0 Å². The van der Waals surface area contributed by atoms with Crippen molar-refractivity contribution in [1.29, 1.82) is 0 Å². The first-order valence-corrected chi connectivity index (χ1v) is 9.77. The number of fused-ring (bicyclic) bond motifs is 1. The Morgan fingerprint density at radius 2 is 1.63 bits per heavy atom. The van der Waals surface area contributed by atoms with Crippen LogP contribution in [0.4, 0.5) is 0 Å². The first kappa shape index (κ1) is 19.9. The third-order valence-electron chi connectivity index (χ3n) is 5.15. The van der Waals surface area contributed by atoms with Crippen molar-refractivity contribution in [2.75, 3.05) is 14.2 Å².